The molecule has 0 aromatic carbocycles. The number of aryl methyl sites for hydroxylation is 1. The molecule has 4 nitrogen and oxygen atoms in total. The van der Waals surface area contributed by atoms with Gasteiger partial charge in [0.25, 0.3) is 0 Å². The Morgan fingerprint density at radius 2 is 2.00 bits per heavy atom. The Hall–Kier alpha value is -1.13. The first kappa shape index (κ1) is 10.9. The summed E-state index contributed by atoms with van der Waals surface area (Å²) in [5.74, 6) is 0.654. The highest BCUT2D eigenvalue weighted by Crippen LogP contribution is 2.12. The van der Waals surface area contributed by atoms with Crippen LogP contribution in [0.1, 0.15) is 12.5 Å². The average molecular weight is 196 g/mol. The predicted octanol–water partition coefficient (Wildman–Crippen LogP) is 0.545. The highest BCUT2D eigenvalue weighted by atomic mass is 16.3. The fourth-order valence-corrected chi connectivity index (χ4v) is 0.980. The second-order valence-electron chi connectivity index (χ2n) is 3.72. The van der Waals surface area contributed by atoms with Crippen molar-refractivity contribution in [2.24, 2.45) is 0 Å². The number of rotatable bonds is 4. The summed E-state index contributed by atoms with van der Waals surface area (Å²) in [5, 5.41) is 21.1. The number of hydrogen-bond acceptors (Lipinski definition) is 4. The smallest absolute Gasteiger partial charge is 0.126 e. The lowest BCUT2D eigenvalue weighted by molar-refractivity contribution is 0.147. The first-order valence-electron chi connectivity index (χ1n) is 4.52. The molecular formula is C10H16N2O2. The molecule has 0 fully saturated rings. The normalized spacial score (nSPS) is 11.4. The molecule has 0 aliphatic carbocycles. The summed E-state index contributed by atoms with van der Waals surface area (Å²) in [6.07, 6.45) is 1.73. The second kappa shape index (κ2) is 4.39. The number of anilines is 1. The van der Waals surface area contributed by atoms with Crippen LogP contribution in [0.5, 0.6) is 0 Å². The third-order valence-electron chi connectivity index (χ3n) is 2.04. The number of nitrogens with one attached hydrogen (secondary N) is 1. The Labute approximate surface area is 83.6 Å². The third-order valence-corrected chi connectivity index (χ3v) is 2.04. The van der Waals surface area contributed by atoms with Crippen LogP contribution in [0.2, 0.25) is 0 Å². The van der Waals surface area contributed by atoms with Gasteiger partial charge in [0.15, 0.2) is 0 Å². The molecule has 0 unspecified atom stereocenters. The SMILES string of the molecule is Cc1ccc(NC(C)(CO)CO)nc1. The summed E-state index contributed by atoms with van der Waals surface area (Å²) in [5.41, 5.74) is 0.354. The Morgan fingerprint density at radius 1 is 1.36 bits per heavy atom. The summed E-state index contributed by atoms with van der Waals surface area (Å²) in [7, 11) is 0. The van der Waals surface area contributed by atoms with E-state index in [9.17, 15) is 0 Å². The van der Waals surface area contributed by atoms with E-state index < -0.39 is 5.54 Å². The predicted molar refractivity (Wildman–Crippen MR) is 55.2 cm³/mol. The maximum atomic E-state index is 9.05. The van der Waals surface area contributed by atoms with Gasteiger partial charge in [0.05, 0.1) is 18.8 Å². The average Bonchev–Trinajstić information content (AvgIpc) is 2.21. The van der Waals surface area contributed by atoms with Crippen LogP contribution in [0, 0.1) is 6.92 Å². The van der Waals surface area contributed by atoms with Gasteiger partial charge in [-0.2, -0.15) is 0 Å². The fourth-order valence-electron chi connectivity index (χ4n) is 0.980. The molecule has 14 heavy (non-hydrogen) atoms. The molecule has 1 aromatic rings. The standard InChI is InChI=1S/C10H16N2O2/c1-8-3-4-9(11-5-8)12-10(2,6-13)7-14/h3-5,13-14H,6-7H2,1-2H3,(H,11,12). The van der Waals surface area contributed by atoms with Crippen molar-refractivity contribution in [3.05, 3.63) is 23.9 Å². The van der Waals surface area contributed by atoms with Crippen molar-refractivity contribution >= 4 is 5.82 Å². The first-order chi connectivity index (χ1) is 6.59. The lowest BCUT2D eigenvalue weighted by Gasteiger charge is -2.26. The van der Waals surface area contributed by atoms with Gasteiger partial charge in [-0.25, -0.2) is 4.98 Å². The first-order valence-corrected chi connectivity index (χ1v) is 4.52. The molecule has 4 heteroatoms. The van der Waals surface area contributed by atoms with Crippen LogP contribution in [0.3, 0.4) is 0 Å². The third kappa shape index (κ3) is 2.68. The second-order valence-corrected chi connectivity index (χ2v) is 3.72. The number of aromatic nitrogens is 1. The molecular weight excluding hydrogens is 180 g/mol. The topological polar surface area (TPSA) is 65.4 Å². The van der Waals surface area contributed by atoms with E-state index in [2.05, 4.69) is 10.3 Å². The van der Waals surface area contributed by atoms with Crippen molar-refractivity contribution in [1.29, 1.82) is 0 Å². The van der Waals surface area contributed by atoms with Crippen molar-refractivity contribution in [1.82, 2.24) is 4.98 Å². The maximum absolute atomic E-state index is 9.05. The molecule has 1 aromatic heterocycles. The Kier molecular flexibility index (Phi) is 3.43. The van der Waals surface area contributed by atoms with Gasteiger partial charge in [-0.05, 0) is 25.5 Å². The summed E-state index contributed by atoms with van der Waals surface area (Å²) < 4.78 is 0. The number of aliphatic hydroxyl groups is 2. The molecule has 1 heterocycles. The van der Waals surface area contributed by atoms with Crippen LogP contribution >= 0.6 is 0 Å². The molecule has 0 atom stereocenters. The molecule has 0 saturated carbocycles. The lowest BCUT2D eigenvalue weighted by Crippen LogP contribution is -2.42. The van der Waals surface area contributed by atoms with E-state index in [0.29, 0.717) is 5.82 Å². The van der Waals surface area contributed by atoms with Crippen molar-refractivity contribution in [2.45, 2.75) is 19.4 Å². The molecule has 3 N–H and O–H groups in total. The van der Waals surface area contributed by atoms with E-state index in [1.54, 1.807) is 13.1 Å². The van der Waals surface area contributed by atoms with Crippen molar-refractivity contribution < 1.29 is 10.2 Å². The summed E-state index contributed by atoms with van der Waals surface area (Å²) in [4.78, 5) is 4.13. The molecule has 0 amide bonds. The maximum Gasteiger partial charge on any atom is 0.126 e. The summed E-state index contributed by atoms with van der Waals surface area (Å²) in [6, 6.07) is 3.74. The zero-order chi connectivity index (χ0) is 10.6. The minimum atomic E-state index is -0.720. The number of nitrogens with zero attached hydrogens (tertiary/aromatic N) is 1. The summed E-state index contributed by atoms with van der Waals surface area (Å²) >= 11 is 0. The minimum Gasteiger partial charge on any atom is -0.394 e. The Bertz CT molecular complexity index is 281. The lowest BCUT2D eigenvalue weighted by atomic mass is 10.1. The highest BCUT2D eigenvalue weighted by molar-refractivity contribution is 5.38. The van der Waals surface area contributed by atoms with Gasteiger partial charge in [-0.3, -0.25) is 0 Å². The molecule has 0 aliphatic heterocycles. The Balaban J connectivity index is 2.72. The number of pyridine rings is 1. The van der Waals surface area contributed by atoms with Crippen LogP contribution in [0.4, 0.5) is 5.82 Å². The summed E-state index contributed by atoms with van der Waals surface area (Å²) in [6.45, 7) is 3.40. The van der Waals surface area contributed by atoms with Gasteiger partial charge in [0, 0.05) is 6.20 Å². The van der Waals surface area contributed by atoms with Gasteiger partial charge in [-0.15, -0.1) is 0 Å². The van der Waals surface area contributed by atoms with E-state index in [1.807, 2.05) is 19.1 Å². The largest absolute Gasteiger partial charge is 0.394 e. The van der Waals surface area contributed by atoms with E-state index in [4.69, 9.17) is 10.2 Å². The molecule has 78 valence electrons. The number of aliphatic hydroxyl groups excluding tert-OH is 2. The minimum absolute atomic E-state index is 0.140. The van der Waals surface area contributed by atoms with Crippen LogP contribution < -0.4 is 5.32 Å². The number of hydrogen-bond donors (Lipinski definition) is 3. The monoisotopic (exact) mass is 196 g/mol. The van der Waals surface area contributed by atoms with Crippen molar-refractivity contribution in [3.63, 3.8) is 0 Å². The van der Waals surface area contributed by atoms with Crippen LogP contribution in [-0.4, -0.2) is 33.9 Å². The highest BCUT2D eigenvalue weighted by Gasteiger charge is 2.21. The van der Waals surface area contributed by atoms with Crippen LogP contribution in [0.25, 0.3) is 0 Å². The quantitative estimate of drug-likeness (QED) is 0.658. The van der Waals surface area contributed by atoms with Gasteiger partial charge < -0.3 is 15.5 Å². The van der Waals surface area contributed by atoms with E-state index in [0.717, 1.165) is 5.56 Å². The van der Waals surface area contributed by atoms with Crippen molar-refractivity contribution in [3.8, 4) is 0 Å². The fraction of sp³-hybridized carbons (Fsp3) is 0.500. The van der Waals surface area contributed by atoms with Crippen LogP contribution in [0.15, 0.2) is 18.3 Å². The molecule has 0 saturated heterocycles. The van der Waals surface area contributed by atoms with Gasteiger partial charge >= 0.3 is 0 Å². The Morgan fingerprint density at radius 3 is 2.43 bits per heavy atom. The molecule has 0 bridgehead atoms. The van der Waals surface area contributed by atoms with Gasteiger partial charge in [-0.1, -0.05) is 6.07 Å². The van der Waals surface area contributed by atoms with Crippen LogP contribution in [-0.2, 0) is 0 Å². The van der Waals surface area contributed by atoms with E-state index in [-0.39, 0.29) is 13.2 Å². The molecule has 1 rings (SSSR count). The molecule has 0 aliphatic rings. The van der Waals surface area contributed by atoms with Gasteiger partial charge in [0.1, 0.15) is 5.82 Å². The van der Waals surface area contributed by atoms with E-state index >= 15 is 0 Å². The zero-order valence-corrected chi connectivity index (χ0v) is 8.49. The van der Waals surface area contributed by atoms with Crippen molar-refractivity contribution in [2.75, 3.05) is 18.5 Å². The molecule has 0 spiro atoms. The van der Waals surface area contributed by atoms with E-state index in [1.165, 1.54) is 0 Å². The van der Waals surface area contributed by atoms with Gasteiger partial charge in [0.2, 0.25) is 0 Å². The molecule has 0 radical (unpaired) electrons. The zero-order valence-electron chi connectivity index (χ0n) is 8.49.